The van der Waals surface area contributed by atoms with Crippen molar-refractivity contribution in [1.29, 1.82) is 0 Å². The Kier molecular flexibility index (Phi) is 5.48. The van der Waals surface area contributed by atoms with E-state index in [-0.39, 0.29) is 18.9 Å². The van der Waals surface area contributed by atoms with Gasteiger partial charge in [-0.1, -0.05) is 66.7 Å². The van der Waals surface area contributed by atoms with E-state index in [1.807, 2.05) is 60.7 Å². The molecule has 1 aliphatic carbocycles. The molecule has 3 aromatic carbocycles. The number of pyridine rings is 1. The van der Waals surface area contributed by atoms with E-state index < -0.39 is 18.1 Å². The second-order valence-corrected chi connectivity index (χ2v) is 8.12. The lowest BCUT2D eigenvalue weighted by atomic mass is 9.98. The molecule has 0 spiro atoms. The van der Waals surface area contributed by atoms with Crippen molar-refractivity contribution in [3.63, 3.8) is 0 Å². The van der Waals surface area contributed by atoms with Gasteiger partial charge in [0, 0.05) is 30.1 Å². The molecule has 0 fully saturated rings. The zero-order valence-corrected chi connectivity index (χ0v) is 17.8. The Bertz CT molecular complexity index is 1310. The SMILES string of the molecule is O=C(NC(Cc1ccc2cnccc2c1)C(=O)O)OCC1c2ccccc2-c2ccccc21. The van der Waals surface area contributed by atoms with Gasteiger partial charge in [-0.3, -0.25) is 4.98 Å². The molecule has 0 saturated carbocycles. The Labute approximate surface area is 190 Å². The summed E-state index contributed by atoms with van der Waals surface area (Å²) in [5.74, 6) is -1.20. The number of nitrogens with zero attached hydrogens (tertiary/aromatic N) is 1. The maximum atomic E-state index is 12.5. The number of ether oxygens (including phenoxy) is 1. The number of rotatable bonds is 6. The maximum absolute atomic E-state index is 12.5. The molecule has 1 atom stereocenters. The summed E-state index contributed by atoms with van der Waals surface area (Å²) in [4.78, 5) is 28.4. The van der Waals surface area contributed by atoms with Crippen molar-refractivity contribution < 1.29 is 19.4 Å². The van der Waals surface area contributed by atoms with E-state index in [1.165, 1.54) is 0 Å². The molecular formula is C27H22N2O4. The first kappa shape index (κ1) is 20.7. The summed E-state index contributed by atoms with van der Waals surface area (Å²) in [7, 11) is 0. The molecule has 6 heteroatoms. The van der Waals surface area contributed by atoms with E-state index in [2.05, 4.69) is 22.4 Å². The highest BCUT2D eigenvalue weighted by atomic mass is 16.5. The molecule has 1 heterocycles. The summed E-state index contributed by atoms with van der Waals surface area (Å²) >= 11 is 0. The molecule has 5 rings (SSSR count). The number of aromatic nitrogens is 1. The van der Waals surface area contributed by atoms with E-state index >= 15 is 0 Å². The summed E-state index contributed by atoms with van der Waals surface area (Å²) in [5.41, 5.74) is 5.29. The Morgan fingerprint density at radius 3 is 2.33 bits per heavy atom. The standard InChI is InChI=1S/C27H22N2O4/c30-26(31)25(14-17-9-10-19-15-28-12-11-18(19)13-17)29-27(32)33-16-24-22-7-3-1-5-20(22)21-6-2-4-8-23(21)24/h1-13,15,24-25H,14,16H2,(H,29,32)(H,30,31). The fourth-order valence-corrected chi connectivity index (χ4v) is 4.48. The van der Waals surface area contributed by atoms with E-state index in [0.717, 1.165) is 38.6 Å². The van der Waals surface area contributed by atoms with Gasteiger partial charge >= 0.3 is 12.1 Å². The molecule has 2 N–H and O–H groups in total. The van der Waals surface area contributed by atoms with E-state index in [1.54, 1.807) is 12.4 Å². The van der Waals surface area contributed by atoms with Crippen molar-refractivity contribution >= 4 is 22.8 Å². The summed E-state index contributed by atoms with van der Waals surface area (Å²) in [6.45, 7) is 0.134. The summed E-state index contributed by atoms with van der Waals surface area (Å²) < 4.78 is 5.51. The van der Waals surface area contributed by atoms with Crippen LogP contribution in [-0.4, -0.2) is 34.8 Å². The van der Waals surface area contributed by atoms with Gasteiger partial charge in [-0.05, 0) is 39.3 Å². The third-order valence-electron chi connectivity index (χ3n) is 6.08. The highest BCUT2D eigenvalue weighted by Crippen LogP contribution is 2.44. The Hall–Kier alpha value is -4.19. The van der Waals surface area contributed by atoms with Crippen LogP contribution < -0.4 is 5.32 Å². The van der Waals surface area contributed by atoms with Crippen molar-refractivity contribution in [3.05, 3.63) is 102 Å². The van der Waals surface area contributed by atoms with Crippen LogP contribution in [0.3, 0.4) is 0 Å². The molecule has 1 aliphatic rings. The topological polar surface area (TPSA) is 88.5 Å². The first-order valence-electron chi connectivity index (χ1n) is 10.8. The number of aliphatic carboxylic acids is 1. The van der Waals surface area contributed by atoms with Crippen molar-refractivity contribution in [2.45, 2.75) is 18.4 Å². The number of hydrogen-bond acceptors (Lipinski definition) is 4. The minimum Gasteiger partial charge on any atom is -0.480 e. The van der Waals surface area contributed by atoms with Crippen LogP contribution in [0.2, 0.25) is 0 Å². The second kappa shape index (κ2) is 8.74. The van der Waals surface area contributed by atoms with E-state index in [0.29, 0.717) is 0 Å². The number of nitrogens with one attached hydrogen (secondary N) is 1. The van der Waals surface area contributed by atoms with Crippen LogP contribution in [0.4, 0.5) is 4.79 Å². The Morgan fingerprint density at radius 1 is 0.939 bits per heavy atom. The smallest absolute Gasteiger partial charge is 0.407 e. The molecule has 1 aromatic heterocycles. The van der Waals surface area contributed by atoms with Gasteiger partial charge in [0.25, 0.3) is 0 Å². The van der Waals surface area contributed by atoms with E-state index in [4.69, 9.17) is 4.74 Å². The van der Waals surface area contributed by atoms with Gasteiger partial charge in [0.2, 0.25) is 0 Å². The van der Waals surface area contributed by atoms with Gasteiger partial charge in [0.1, 0.15) is 12.6 Å². The minimum absolute atomic E-state index is 0.0828. The summed E-state index contributed by atoms with van der Waals surface area (Å²) in [6.07, 6.45) is 2.85. The molecule has 4 aromatic rings. The molecule has 0 bridgehead atoms. The molecule has 6 nitrogen and oxygen atoms in total. The van der Waals surface area contributed by atoms with Gasteiger partial charge in [-0.2, -0.15) is 0 Å². The molecule has 33 heavy (non-hydrogen) atoms. The molecule has 0 aliphatic heterocycles. The van der Waals surface area contributed by atoms with Crippen molar-refractivity contribution in [2.75, 3.05) is 6.61 Å². The van der Waals surface area contributed by atoms with Crippen molar-refractivity contribution in [3.8, 4) is 11.1 Å². The summed E-state index contributed by atoms with van der Waals surface area (Å²) in [6, 6.07) is 22.5. The minimum atomic E-state index is -1.11. The fraction of sp³-hybridized carbons (Fsp3) is 0.148. The van der Waals surface area contributed by atoms with Crippen LogP contribution in [0.5, 0.6) is 0 Å². The Balaban J connectivity index is 1.27. The van der Waals surface area contributed by atoms with Gasteiger partial charge in [-0.15, -0.1) is 0 Å². The van der Waals surface area contributed by atoms with Gasteiger partial charge in [-0.25, -0.2) is 9.59 Å². The zero-order valence-electron chi connectivity index (χ0n) is 17.8. The lowest BCUT2D eigenvalue weighted by Crippen LogP contribution is -2.42. The highest BCUT2D eigenvalue weighted by molar-refractivity contribution is 5.83. The first-order valence-corrected chi connectivity index (χ1v) is 10.8. The number of alkyl carbamates (subject to hydrolysis) is 1. The molecule has 164 valence electrons. The maximum Gasteiger partial charge on any atom is 0.407 e. The molecule has 0 radical (unpaired) electrons. The van der Waals surface area contributed by atoms with Crippen LogP contribution >= 0.6 is 0 Å². The lowest BCUT2D eigenvalue weighted by Gasteiger charge is -2.17. The summed E-state index contributed by atoms with van der Waals surface area (Å²) in [5, 5.41) is 14.1. The largest absolute Gasteiger partial charge is 0.480 e. The van der Waals surface area contributed by atoms with Gasteiger partial charge in [0.05, 0.1) is 0 Å². The number of amides is 1. The number of carbonyl (C=O) groups excluding carboxylic acids is 1. The zero-order chi connectivity index (χ0) is 22.8. The van der Waals surface area contributed by atoms with Crippen molar-refractivity contribution in [1.82, 2.24) is 10.3 Å². The molecular weight excluding hydrogens is 416 g/mol. The van der Waals surface area contributed by atoms with Crippen LogP contribution in [0.15, 0.2) is 85.2 Å². The van der Waals surface area contributed by atoms with E-state index in [9.17, 15) is 14.7 Å². The van der Waals surface area contributed by atoms with Crippen LogP contribution in [0.25, 0.3) is 21.9 Å². The van der Waals surface area contributed by atoms with Gasteiger partial charge < -0.3 is 15.2 Å². The lowest BCUT2D eigenvalue weighted by molar-refractivity contribution is -0.139. The van der Waals surface area contributed by atoms with Crippen LogP contribution in [0.1, 0.15) is 22.6 Å². The first-order chi connectivity index (χ1) is 16.1. The second-order valence-electron chi connectivity index (χ2n) is 8.12. The third-order valence-corrected chi connectivity index (χ3v) is 6.08. The normalized spacial score (nSPS) is 13.2. The van der Waals surface area contributed by atoms with Gasteiger partial charge in [0.15, 0.2) is 0 Å². The van der Waals surface area contributed by atoms with Crippen molar-refractivity contribution in [2.24, 2.45) is 0 Å². The van der Waals surface area contributed by atoms with Crippen LogP contribution in [-0.2, 0) is 16.0 Å². The quantitative estimate of drug-likeness (QED) is 0.453. The molecule has 1 amide bonds. The van der Waals surface area contributed by atoms with Crippen LogP contribution in [0, 0.1) is 0 Å². The number of fused-ring (bicyclic) bond motifs is 4. The molecule has 0 saturated heterocycles. The highest BCUT2D eigenvalue weighted by Gasteiger charge is 2.29. The average molecular weight is 438 g/mol. The predicted molar refractivity (Wildman–Crippen MR) is 125 cm³/mol. The number of carboxylic acids is 1. The fourth-order valence-electron chi connectivity index (χ4n) is 4.48. The third kappa shape index (κ3) is 4.15. The number of hydrogen-bond donors (Lipinski definition) is 2. The monoisotopic (exact) mass is 438 g/mol. The Morgan fingerprint density at radius 2 is 1.64 bits per heavy atom. The number of carbonyl (C=O) groups is 2. The number of benzene rings is 3. The molecule has 1 unspecified atom stereocenters. The number of carboxylic acid groups (broad SMARTS) is 1. The predicted octanol–water partition coefficient (Wildman–Crippen LogP) is 4.77. The average Bonchev–Trinajstić information content (AvgIpc) is 3.16.